The van der Waals surface area contributed by atoms with Gasteiger partial charge in [-0.1, -0.05) is 0 Å². The Morgan fingerprint density at radius 3 is 2.78 bits per heavy atom. The van der Waals surface area contributed by atoms with Gasteiger partial charge in [-0.3, -0.25) is 0 Å². The first-order valence-electron chi connectivity index (χ1n) is 6.88. The van der Waals surface area contributed by atoms with Gasteiger partial charge in [-0.25, -0.2) is 9.97 Å². The zero-order valence-electron chi connectivity index (χ0n) is 12.0. The lowest BCUT2D eigenvalue weighted by Gasteiger charge is -2.29. The average molecular weight is 340 g/mol. The molecule has 4 heterocycles. The molecule has 1 aliphatic heterocycles. The number of aromatic nitrogens is 5. The summed E-state index contributed by atoms with van der Waals surface area (Å²) in [7, 11) is 0. The van der Waals surface area contributed by atoms with Gasteiger partial charge in [0.15, 0.2) is 11.6 Å². The second kappa shape index (κ2) is 4.88. The van der Waals surface area contributed by atoms with Crippen LogP contribution in [0.15, 0.2) is 11.7 Å². The van der Waals surface area contributed by atoms with E-state index in [2.05, 4.69) is 20.2 Å². The summed E-state index contributed by atoms with van der Waals surface area (Å²) in [5, 5.41) is 8.99. The topological polar surface area (TPSA) is 59.7 Å². The molecule has 0 unspecified atom stereocenters. The quantitative estimate of drug-likeness (QED) is 0.681. The summed E-state index contributed by atoms with van der Waals surface area (Å²) >= 11 is 1.54. The number of thiophene rings is 1. The fourth-order valence-electron chi connectivity index (χ4n) is 2.73. The standard InChI is InChI=1S/C13H11F3N6S/c1-7-5-23-10-9(7)17-6-18-11(10)21-2-3-22-8(4-21)19-20-12(22)13(14,15)16/h5-6H,2-4H2,1H3. The van der Waals surface area contributed by atoms with Gasteiger partial charge < -0.3 is 9.47 Å². The summed E-state index contributed by atoms with van der Waals surface area (Å²) < 4.78 is 40.7. The van der Waals surface area contributed by atoms with Crippen LogP contribution in [0.3, 0.4) is 0 Å². The number of anilines is 1. The highest BCUT2D eigenvalue weighted by atomic mass is 32.1. The molecule has 0 radical (unpaired) electrons. The van der Waals surface area contributed by atoms with Gasteiger partial charge in [-0.2, -0.15) is 13.2 Å². The van der Waals surface area contributed by atoms with Crippen LogP contribution < -0.4 is 4.90 Å². The fourth-order valence-corrected chi connectivity index (χ4v) is 3.75. The fraction of sp³-hybridized carbons (Fsp3) is 0.385. The van der Waals surface area contributed by atoms with Crippen LogP contribution in [0.25, 0.3) is 10.2 Å². The van der Waals surface area contributed by atoms with Gasteiger partial charge in [-0.05, 0) is 17.9 Å². The number of alkyl halides is 3. The molecular weight excluding hydrogens is 329 g/mol. The second-order valence-electron chi connectivity index (χ2n) is 5.30. The molecule has 0 spiro atoms. The van der Waals surface area contributed by atoms with Crippen molar-refractivity contribution in [3.05, 3.63) is 28.9 Å². The van der Waals surface area contributed by atoms with Crippen molar-refractivity contribution >= 4 is 27.4 Å². The third-order valence-corrected chi connectivity index (χ3v) is 4.90. The average Bonchev–Trinajstić information content (AvgIpc) is 3.10. The summed E-state index contributed by atoms with van der Waals surface area (Å²) in [4.78, 5) is 10.5. The van der Waals surface area contributed by atoms with Crippen LogP contribution in [-0.4, -0.2) is 31.3 Å². The van der Waals surface area contributed by atoms with E-state index in [0.717, 1.165) is 26.2 Å². The lowest BCUT2D eigenvalue weighted by atomic mass is 10.3. The van der Waals surface area contributed by atoms with Gasteiger partial charge >= 0.3 is 6.18 Å². The van der Waals surface area contributed by atoms with E-state index in [1.165, 1.54) is 17.7 Å². The maximum Gasteiger partial charge on any atom is 0.451 e. The zero-order valence-corrected chi connectivity index (χ0v) is 12.8. The maximum absolute atomic E-state index is 12.9. The molecule has 23 heavy (non-hydrogen) atoms. The van der Waals surface area contributed by atoms with Gasteiger partial charge in [0.25, 0.3) is 0 Å². The Morgan fingerprint density at radius 2 is 2.00 bits per heavy atom. The molecule has 0 bridgehead atoms. The largest absolute Gasteiger partial charge is 0.451 e. The van der Waals surface area contributed by atoms with Gasteiger partial charge in [0.1, 0.15) is 6.33 Å². The van der Waals surface area contributed by atoms with Crippen molar-refractivity contribution < 1.29 is 13.2 Å². The van der Waals surface area contributed by atoms with Gasteiger partial charge in [-0.15, -0.1) is 21.5 Å². The first-order valence-corrected chi connectivity index (χ1v) is 7.76. The molecule has 0 amide bonds. The van der Waals surface area contributed by atoms with Crippen molar-refractivity contribution in [2.75, 3.05) is 11.4 Å². The molecule has 0 fully saturated rings. The van der Waals surface area contributed by atoms with E-state index in [4.69, 9.17) is 0 Å². The van der Waals surface area contributed by atoms with Crippen LogP contribution >= 0.6 is 11.3 Å². The second-order valence-corrected chi connectivity index (χ2v) is 6.18. The molecule has 10 heteroatoms. The van der Waals surface area contributed by atoms with Crippen LogP contribution in [0.4, 0.5) is 19.0 Å². The maximum atomic E-state index is 12.9. The molecule has 0 saturated carbocycles. The summed E-state index contributed by atoms with van der Waals surface area (Å²) in [6.07, 6.45) is -3.00. The van der Waals surface area contributed by atoms with Crippen LogP contribution in [0.2, 0.25) is 0 Å². The van der Waals surface area contributed by atoms with E-state index < -0.39 is 12.0 Å². The monoisotopic (exact) mass is 340 g/mol. The number of hydrogen-bond acceptors (Lipinski definition) is 6. The number of halogens is 3. The summed E-state index contributed by atoms with van der Waals surface area (Å²) in [5.41, 5.74) is 1.94. The first-order chi connectivity index (χ1) is 10.9. The molecule has 0 aliphatic carbocycles. The number of rotatable bonds is 1. The molecule has 3 aromatic rings. The number of fused-ring (bicyclic) bond motifs is 2. The van der Waals surface area contributed by atoms with Crippen molar-refractivity contribution in [3.63, 3.8) is 0 Å². The third kappa shape index (κ3) is 2.24. The third-order valence-electron chi connectivity index (χ3n) is 3.82. The van der Waals surface area contributed by atoms with Crippen molar-refractivity contribution in [1.82, 2.24) is 24.7 Å². The molecule has 0 N–H and O–H groups in total. The minimum atomic E-state index is -4.49. The van der Waals surface area contributed by atoms with Crippen molar-refractivity contribution in [2.45, 2.75) is 26.2 Å². The highest BCUT2D eigenvalue weighted by Crippen LogP contribution is 2.34. The van der Waals surface area contributed by atoms with E-state index in [1.54, 1.807) is 0 Å². The highest BCUT2D eigenvalue weighted by Gasteiger charge is 2.39. The lowest BCUT2D eigenvalue weighted by Crippen LogP contribution is -2.35. The van der Waals surface area contributed by atoms with Crippen LogP contribution in [0, 0.1) is 6.92 Å². The Labute approximate surface area is 132 Å². The van der Waals surface area contributed by atoms with Crippen LogP contribution in [0.1, 0.15) is 17.2 Å². The van der Waals surface area contributed by atoms with E-state index >= 15 is 0 Å². The Hall–Kier alpha value is -2.23. The highest BCUT2D eigenvalue weighted by molar-refractivity contribution is 7.18. The SMILES string of the molecule is Cc1csc2c(N3CCn4c(nnc4C(F)(F)F)C3)ncnc12. The van der Waals surface area contributed by atoms with Crippen LogP contribution in [-0.2, 0) is 19.3 Å². The minimum Gasteiger partial charge on any atom is -0.346 e. The molecular formula is C13H11F3N6S. The smallest absolute Gasteiger partial charge is 0.346 e. The van der Waals surface area contributed by atoms with E-state index in [0.29, 0.717) is 12.4 Å². The Kier molecular flexibility index (Phi) is 3.05. The molecule has 6 nitrogen and oxygen atoms in total. The number of nitrogens with zero attached hydrogens (tertiary/aromatic N) is 6. The molecule has 0 saturated heterocycles. The Bertz CT molecular complexity index is 884. The van der Waals surface area contributed by atoms with E-state index in [9.17, 15) is 13.2 Å². The number of hydrogen-bond donors (Lipinski definition) is 0. The van der Waals surface area contributed by atoms with E-state index in [-0.39, 0.29) is 13.1 Å². The van der Waals surface area contributed by atoms with Crippen LogP contribution in [0.5, 0.6) is 0 Å². The molecule has 120 valence electrons. The van der Waals surface area contributed by atoms with Gasteiger partial charge in [0.2, 0.25) is 5.82 Å². The summed E-state index contributed by atoms with van der Waals surface area (Å²) in [6.45, 7) is 2.80. The number of aryl methyl sites for hydroxylation is 1. The van der Waals surface area contributed by atoms with Crippen molar-refractivity contribution in [1.29, 1.82) is 0 Å². The van der Waals surface area contributed by atoms with Gasteiger partial charge in [0.05, 0.1) is 16.8 Å². The predicted octanol–water partition coefficient (Wildman–Crippen LogP) is 2.63. The lowest BCUT2D eigenvalue weighted by molar-refractivity contribution is -0.147. The normalized spacial score (nSPS) is 15.2. The minimum absolute atomic E-state index is 0.174. The molecule has 0 atom stereocenters. The van der Waals surface area contributed by atoms with Gasteiger partial charge in [0, 0.05) is 13.1 Å². The summed E-state index contributed by atoms with van der Waals surface area (Å²) in [5.74, 6) is 0.0893. The Balaban J connectivity index is 1.72. The van der Waals surface area contributed by atoms with Crippen molar-refractivity contribution in [2.24, 2.45) is 0 Å². The molecule has 0 aromatic carbocycles. The summed E-state index contributed by atoms with van der Waals surface area (Å²) in [6, 6.07) is 0. The molecule has 3 aromatic heterocycles. The van der Waals surface area contributed by atoms with Crippen molar-refractivity contribution in [3.8, 4) is 0 Å². The zero-order chi connectivity index (χ0) is 16.2. The predicted molar refractivity (Wildman–Crippen MR) is 78.2 cm³/mol. The first kappa shape index (κ1) is 14.4. The molecule has 1 aliphatic rings. The molecule has 4 rings (SSSR count). The van der Waals surface area contributed by atoms with E-state index in [1.807, 2.05) is 17.2 Å². The Morgan fingerprint density at radius 1 is 1.17 bits per heavy atom.